The van der Waals surface area contributed by atoms with Gasteiger partial charge in [0.15, 0.2) is 17.1 Å². The number of nitrogens with zero attached hydrogens (tertiary/aromatic N) is 2. The first-order valence-corrected chi connectivity index (χ1v) is 12.8. The molecule has 0 aliphatic carbocycles. The number of aromatic amines is 3. The summed E-state index contributed by atoms with van der Waals surface area (Å²) in [5.41, 5.74) is 7.87. The van der Waals surface area contributed by atoms with Gasteiger partial charge in [-0.15, -0.1) is 0 Å². The van der Waals surface area contributed by atoms with Crippen LogP contribution in [-0.2, 0) is 4.79 Å². The molecule has 0 saturated carbocycles. The van der Waals surface area contributed by atoms with Crippen LogP contribution >= 0.6 is 24.4 Å². The van der Waals surface area contributed by atoms with E-state index in [-0.39, 0.29) is 18.7 Å². The molecule has 0 radical (unpaired) electrons. The van der Waals surface area contributed by atoms with Crippen molar-refractivity contribution in [2.45, 2.75) is 12.5 Å². The summed E-state index contributed by atoms with van der Waals surface area (Å²) in [6.45, 7) is 0.219. The van der Waals surface area contributed by atoms with Gasteiger partial charge in [-0.25, -0.2) is 4.98 Å². The Kier molecular flexibility index (Phi) is 6.36. The summed E-state index contributed by atoms with van der Waals surface area (Å²) in [7, 11) is 0. The molecule has 1 aliphatic heterocycles. The van der Waals surface area contributed by atoms with Crippen molar-refractivity contribution < 1.29 is 9.53 Å². The lowest BCUT2D eigenvalue weighted by atomic mass is 10.0. The second-order valence-electron chi connectivity index (χ2n) is 8.77. The Bertz CT molecular complexity index is 1750. The molecule has 5 N–H and O–H groups in total. The summed E-state index contributed by atoms with van der Waals surface area (Å²) >= 11 is 10.5. The zero-order valence-electron chi connectivity index (χ0n) is 20.0. The van der Waals surface area contributed by atoms with E-state index in [9.17, 15) is 4.79 Å². The Labute approximate surface area is 227 Å². The first-order chi connectivity index (χ1) is 18.5. The Morgan fingerprint density at radius 3 is 2.66 bits per heavy atom. The number of hydrogen-bond acceptors (Lipinski definition) is 7. The van der Waals surface area contributed by atoms with Crippen LogP contribution in [0.2, 0.25) is 0 Å². The van der Waals surface area contributed by atoms with E-state index >= 15 is 0 Å². The van der Waals surface area contributed by atoms with Gasteiger partial charge in [0.25, 0.3) is 0 Å². The molecule has 3 aromatic carbocycles. The lowest BCUT2D eigenvalue weighted by molar-refractivity contribution is -0.119. The lowest BCUT2D eigenvalue weighted by Gasteiger charge is -2.27. The van der Waals surface area contributed by atoms with E-state index in [0.717, 1.165) is 22.5 Å². The zero-order valence-corrected chi connectivity index (χ0v) is 21.7. The highest BCUT2D eigenvalue weighted by molar-refractivity contribution is 7.72. The van der Waals surface area contributed by atoms with Gasteiger partial charge in [0.2, 0.25) is 5.91 Å². The Hall–Kier alpha value is -4.48. The largest absolute Gasteiger partial charge is 0.471 e. The van der Waals surface area contributed by atoms with E-state index in [1.54, 1.807) is 0 Å². The maximum Gasteiger partial charge on any atom is 0.241 e. The maximum absolute atomic E-state index is 12.3. The van der Waals surface area contributed by atoms with E-state index in [2.05, 4.69) is 30.7 Å². The van der Waals surface area contributed by atoms with Crippen LogP contribution in [0.5, 0.6) is 5.75 Å². The average molecular weight is 542 g/mol. The first kappa shape index (κ1) is 23.9. The number of benzene rings is 3. The Morgan fingerprint density at radius 1 is 0.974 bits per heavy atom. The number of rotatable bonds is 7. The molecule has 1 amide bonds. The minimum atomic E-state index is -0.121. The molecular weight excluding hydrogens is 518 g/mol. The standard InChI is InChI=1S/C27H23N7O2S2/c35-22-14-20(16-7-2-1-3-8-16)34(33-22)19-11-4-5-12-21(19)36-15-28-18-10-6-9-17(13-18)24-29-23-25(30-24)31-27(38)32-26(23)37/h1-13,20,28H,14-15H2,(H,33,35)(H3,29,30,31,32,37,38). The lowest BCUT2D eigenvalue weighted by Crippen LogP contribution is -2.35. The van der Waals surface area contributed by atoms with E-state index in [4.69, 9.17) is 29.2 Å². The second kappa shape index (κ2) is 10.1. The van der Waals surface area contributed by atoms with Gasteiger partial charge in [-0.2, -0.15) is 0 Å². The fourth-order valence-electron chi connectivity index (χ4n) is 4.52. The molecule has 38 heavy (non-hydrogen) atoms. The van der Waals surface area contributed by atoms with Crippen LogP contribution in [-0.4, -0.2) is 32.6 Å². The fourth-order valence-corrected chi connectivity index (χ4v) is 5.03. The van der Waals surface area contributed by atoms with Crippen molar-refractivity contribution >= 4 is 52.9 Å². The van der Waals surface area contributed by atoms with Crippen molar-refractivity contribution in [3.63, 3.8) is 0 Å². The summed E-state index contributed by atoms with van der Waals surface area (Å²) in [4.78, 5) is 26.1. The number of aromatic nitrogens is 4. The van der Waals surface area contributed by atoms with Crippen LogP contribution in [0.25, 0.3) is 22.6 Å². The molecule has 1 unspecified atom stereocenters. The molecule has 1 saturated heterocycles. The minimum absolute atomic E-state index is 0.0308. The monoisotopic (exact) mass is 541 g/mol. The Balaban J connectivity index is 1.19. The van der Waals surface area contributed by atoms with Crippen molar-refractivity contribution in [1.82, 2.24) is 25.4 Å². The second-order valence-corrected chi connectivity index (χ2v) is 9.58. The van der Waals surface area contributed by atoms with E-state index in [0.29, 0.717) is 38.6 Å². The summed E-state index contributed by atoms with van der Waals surface area (Å²) in [5.74, 6) is 1.29. The number of hydrazine groups is 1. The number of amides is 1. The Morgan fingerprint density at radius 2 is 1.79 bits per heavy atom. The molecule has 5 aromatic rings. The summed E-state index contributed by atoms with van der Waals surface area (Å²) < 4.78 is 7.07. The number of imidazole rings is 1. The number of H-pyrrole nitrogens is 3. The molecular formula is C27H23N7O2S2. The van der Waals surface area contributed by atoms with Crippen LogP contribution in [0, 0.1) is 9.41 Å². The number of anilines is 2. The van der Waals surface area contributed by atoms with Crippen LogP contribution < -0.4 is 20.5 Å². The van der Waals surface area contributed by atoms with E-state index in [1.165, 1.54) is 0 Å². The van der Waals surface area contributed by atoms with Gasteiger partial charge >= 0.3 is 0 Å². The fraction of sp³-hybridized carbons (Fsp3) is 0.111. The van der Waals surface area contributed by atoms with Crippen molar-refractivity contribution in [2.24, 2.45) is 0 Å². The van der Waals surface area contributed by atoms with Gasteiger partial charge < -0.3 is 25.0 Å². The first-order valence-electron chi connectivity index (χ1n) is 12.0. The molecule has 1 fully saturated rings. The number of carbonyl (C=O) groups is 1. The van der Waals surface area contributed by atoms with Gasteiger partial charge in [-0.1, -0.05) is 66.8 Å². The molecule has 1 atom stereocenters. The highest BCUT2D eigenvalue weighted by atomic mass is 32.1. The SMILES string of the molecule is O=C1CC(c2ccccc2)N(c2ccccc2OCNc2cccc(-c3nc4[nH]c(=S)[nH]c(=S)c4[nH]3)c2)N1. The molecule has 11 heteroatoms. The van der Waals surface area contributed by atoms with Crippen molar-refractivity contribution in [1.29, 1.82) is 0 Å². The highest BCUT2D eigenvalue weighted by Gasteiger charge is 2.33. The van der Waals surface area contributed by atoms with Crippen molar-refractivity contribution in [3.05, 3.63) is 93.8 Å². The number of fused-ring (bicyclic) bond motifs is 1. The number of carbonyl (C=O) groups excluding carboxylic acids is 1. The molecule has 0 spiro atoms. The summed E-state index contributed by atoms with van der Waals surface area (Å²) in [6, 6.07) is 25.3. The number of para-hydroxylation sites is 2. The van der Waals surface area contributed by atoms with Gasteiger partial charge in [-0.05, 0) is 42.0 Å². The average Bonchev–Trinajstić information content (AvgIpc) is 3.54. The normalized spacial score (nSPS) is 15.0. The molecule has 9 nitrogen and oxygen atoms in total. The molecule has 190 valence electrons. The molecule has 3 heterocycles. The van der Waals surface area contributed by atoms with Gasteiger partial charge in [-0.3, -0.25) is 15.2 Å². The number of hydrogen-bond donors (Lipinski definition) is 5. The van der Waals surface area contributed by atoms with E-state index < -0.39 is 0 Å². The quantitative estimate of drug-likeness (QED) is 0.131. The third-order valence-electron chi connectivity index (χ3n) is 6.27. The van der Waals surface area contributed by atoms with Gasteiger partial charge in [0.1, 0.15) is 27.4 Å². The van der Waals surface area contributed by atoms with Crippen molar-refractivity contribution in [3.8, 4) is 17.1 Å². The van der Waals surface area contributed by atoms with Crippen LogP contribution in [0.15, 0.2) is 78.9 Å². The highest BCUT2D eigenvalue weighted by Crippen LogP contribution is 2.37. The molecule has 6 rings (SSSR count). The van der Waals surface area contributed by atoms with Crippen LogP contribution in [0.1, 0.15) is 18.0 Å². The topological polar surface area (TPSA) is 114 Å². The molecule has 2 aromatic heterocycles. The molecule has 1 aliphatic rings. The summed E-state index contributed by atoms with van der Waals surface area (Å²) in [5, 5.41) is 5.19. The third-order valence-corrected chi connectivity index (χ3v) is 6.78. The van der Waals surface area contributed by atoms with Crippen molar-refractivity contribution in [2.75, 3.05) is 17.1 Å². The van der Waals surface area contributed by atoms with Gasteiger partial charge in [0.05, 0.1) is 12.5 Å². The van der Waals surface area contributed by atoms with E-state index in [1.807, 2.05) is 83.9 Å². The van der Waals surface area contributed by atoms with Gasteiger partial charge in [0, 0.05) is 11.3 Å². The zero-order chi connectivity index (χ0) is 26.1. The minimum Gasteiger partial charge on any atom is -0.471 e. The maximum atomic E-state index is 12.3. The van der Waals surface area contributed by atoms with Crippen LogP contribution in [0.3, 0.4) is 0 Å². The number of nitrogens with one attached hydrogen (secondary N) is 5. The summed E-state index contributed by atoms with van der Waals surface area (Å²) in [6.07, 6.45) is 0.377. The third kappa shape index (κ3) is 4.76. The molecule has 0 bridgehead atoms. The predicted octanol–water partition coefficient (Wildman–Crippen LogP) is 5.78. The number of ether oxygens (including phenoxy) is 1. The predicted molar refractivity (Wildman–Crippen MR) is 152 cm³/mol. The van der Waals surface area contributed by atoms with Crippen LogP contribution in [0.4, 0.5) is 11.4 Å². The smallest absolute Gasteiger partial charge is 0.241 e.